The molecule has 156 valence electrons. The van der Waals surface area contributed by atoms with Crippen LogP contribution in [0.3, 0.4) is 0 Å². The van der Waals surface area contributed by atoms with Crippen molar-refractivity contribution in [1.29, 1.82) is 0 Å². The third kappa shape index (κ3) is 4.43. The number of esters is 2. The molecule has 2 unspecified atom stereocenters. The zero-order valence-corrected chi connectivity index (χ0v) is 17.5. The summed E-state index contributed by atoms with van der Waals surface area (Å²) in [5.74, 6) is -2.28. The average molecular weight is 422 g/mol. The van der Waals surface area contributed by atoms with Crippen LogP contribution in [0.5, 0.6) is 0 Å². The monoisotopic (exact) mass is 422 g/mol. The molecule has 9 nitrogen and oxygen atoms in total. The van der Waals surface area contributed by atoms with E-state index in [0.29, 0.717) is 17.0 Å². The van der Waals surface area contributed by atoms with Crippen LogP contribution in [0.2, 0.25) is 0 Å². The molecule has 1 aliphatic heterocycles. The van der Waals surface area contributed by atoms with Gasteiger partial charge in [0, 0.05) is 24.9 Å². The number of nitro groups is 1. The lowest BCUT2D eigenvalue weighted by molar-refractivity contribution is -0.384. The Balaban J connectivity index is 2.84. The van der Waals surface area contributed by atoms with Crippen molar-refractivity contribution < 1.29 is 28.7 Å². The van der Waals surface area contributed by atoms with Crippen molar-refractivity contribution in [3.05, 3.63) is 62.5 Å². The zero-order valence-electron chi connectivity index (χ0n) is 16.7. The quantitative estimate of drug-likeness (QED) is 0.306. The molecule has 0 saturated carbocycles. The minimum atomic E-state index is -0.934. The van der Waals surface area contributed by atoms with Crippen LogP contribution in [0.1, 0.15) is 18.4 Å². The molecule has 1 aromatic rings. The molecule has 0 aromatic heterocycles. The Morgan fingerprint density at radius 2 is 1.79 bits per heavy atom. The lowest BCUT2D eigenvalue weighted by Gasteiger charge is -2.33. The number of methoxy groups -OCH3 is 3. The molecular formula is C19H22N2O7S. The number of carbonyl (C=O) groups is 2. The second kappa shape index (κ2) is 9.57. The maximum atomic E-state index is 12.8. The number of non-ortho nitro benzene ring substituents is 1. The van der Waals surface area contributed by atoms with Gasteiger partial charge in [0.1, 0.15) is 5.44 Å². The van der Waals surface area contributed by atoms with Gasteiger partial charge in [-0.25, -0.2) is 9.59 Å². The summed E-state index contributed by atoms with van der Waals surface area (Å²) in [5, 5.41) is 14.3. The van der Waals surface area contributed by atoms with Crippen LogP contribution in [-0.4, -0.2) is 49.9 Å². The fourth-order valence-corrected chi connectivity index (χ4v) is 3.85. The molecule has 1 N–H and O–H groups in total. The van der Waals surface area contributed by atoms with E-state index in [1.165, 1.54) is 51.3 Å². The molecule has 0 radical (unpaired) electrons. The van der Waals surface area contributed by atoms with Gasteiger partial charge in [0.2, 0.25) is 0 Å². The van der Waals surface area contributed by atoms with Crippen molar-refractivity contribution >= 4 is 29.4 Å². The lowest BCUT2D eigenvalue weighted by atomic mass is 9.80. The third-order valence-corrected chi connectivity index (χ3v) is 5.34. The summed E-state index contributed by atoms with van der Waals surface area (Å²) in [6, 6.07) is 5.77. The van der Waals surface area contributed by atoms with E-state index in [-0.39, 0.29) is 16.8 Å². The Bertz CT molecular complexity index is 890. The number of nitrogens with one attached hydrogen (secondary N) is 1. The van der Waals surface area contributed by atoms with Gasteiger partial charge in [0.15, 0.2) is 0 Å². The van der Waals surface area contributed by atoms with Crippen LogP contribution in [0.4, 0.5) is 5.69 Å². The maximum Gasteiger partial charge on any atom is 0.336 e. The molecule has 0 saturated heterocycles. The Morgan fingerprint density at radius 1 is 1.17 bits per heavy atom. The van der Waals surface area contributed by atoms with E-state index < -0.39 is 28.2 Å². The Hall–Kier alpha value is -2.85. The van der Waals surface area contributed by atoms with E-state index in [4.69, 9.17) is 14.2 Å². The Labute approximate surface area is 172 Å². The number of carbonyl (C=O) groups excluding carboxylic acids is 2. The minimum Gasteiger partial charge on any atom is -0.466 e. The Morgan fingerprint density at radius 3 is 2.31 bits per heavy atom. The largest absolute Gasteiger partial charge is 0.466 e. The molecule has 0 fully saturated rings. The highest BCUT2D eigenvalue weighted by Crippen LogP contribution is 2.42. The van der Waals surface area contributed by atoms with E-state index in [2.05, 4.69) is 5.32 Å². The van der Waals surface area contributed by atoms with Crippen LogP contribution in [0.15, 0.2) is 46.8 Å². The molecule has 0 spiro atoms. The average Bonchev–Trinajstić information content (AvgIpc) is 2.73. The highest BCUT2D eigenvalue weighted by Gasteiger charge is 2.40. The van der Waals surface area contributed by atoms with E-state index in [0.717, 1.165) is 0 Å². The second-order valence-electron chi connectivity index (χ2n) is 6.06. The normalized spacial score (nSPS) is 17.5. The third-order valence-electron chi connectivity index (χ3n) is 4.48. The predicted molar refractivity (Wildman–Crippen MR) is 107 cm³/mol. The van der Waals surface area contributed by atoms with Crippen molar-refractivity contribution in [2.75, 3.05) is 27.6 Å². The fraction of sp³-hybridized carbons (Fsp3) is 0.368. The van der Waals surface area contributed by atoms with Gasteiger partial charge in [-0.15, -0.1) is 11.8 Å². The zero-order chi connectivity index (χ0) is 21.7. The topological polar surface area (TPSA) is 117 Å². The molecule has 10 heteroatoms. The summed E-state index contributed by atoms with van der Waals surface area (Å²) in [6.07, 6.45) is 1.80. The number of nitro benzene ring substituents is 1. The van der Waals surface area contributed by atoms with Crippen LogP contribution in [0, 0.1) is 10.1 Å². The van der Waals surface area contributed by atoms with E-state index in [1.54, 1.807) is 19.2 Å². The van der Waals surface area contributed by atoms with Crippen molar-refractivity contribution in [2.24, 2.45) is 0 Å². The van der Waals surface area contributed by atoms with Crippen LogP contribution >= 0.6 is 11.8 Å². The number of hydrogen-bond acceptors (Lipinski definition) is 9. The summed E-state index contributed by atoms with van der Waals surface area (Å²) < 4.78 is 15.4. The second-order valence-corrected chi connectivity index (χ2v) is 6.96. The molecule has 2 rings (SSSR count). The highest BCUT2D eigenvalue weighted by molar-refractivity contribution is 7.99. The predicted octanol–water partition coefficient (Wildman–Crippen LogP) is 2.49. The van der Waals surface area contributed by atoms with E-state index in [9.17, 15) is 19.7 Å². The molecular weight excluding hydrogens is 400 g/mol. The summed E-state index contributed by atoms with van der Waals surface area (Å²) in [4.78, 5) is 36.1. The molecule has 1 aliphatic rings. The van der Waals surface area contributed by atoms with Gasteiger partial charge < -0.3 is 19.5 Å². The Kier molecular flexibility index (Phi) is 7.40. The summed E-state index contributed by atoms with van der Waals surface area (Å²) in [7, 11) is 3.94. The molecule has 29 heavy (non-hydrogen) atoms. The van der Waals surface area contributed by atoms with Crippen molar-refractivity contribution in [2.45, 2.75) is 18.3 Å². The molecule has 0 aliphatic carbocycles. The fourth-order valence-electron chi connectivity index (χ4n) is 3.24. The van der Waals surface area contributed by atoms with E-state index in [1.807, 2.05) is 0 Å². The molecule has 1 aromatic carbocycles. The number of nitrogens with zero attached hydrogens (tertiary/aromatic N) is 1. The highest BCUT2D eigenvalue weighted by atomic mass is 32.2. The van der Waals surface area contributed by atoms with Crippen LogP contribution in [0.25, 0.3) is 0 Å². The van der Waals surface area contributed by atoms with Gasteiger partial charge in [-0.2, -0.15) is 0 Å². The smallest absolute Gasteiger partial charge is 0.336 e. The van der Waals surface area contributed by atoms with Crippen molar-refractivity contribution in [1.82, 2.24) is 5.32 Å². The number of thioether (sulfide) groups is 1. The number of rotatable bonds is 7. The van der Waals surface area contributed by atoms with Crippen molar-refractivity contribution in [3.63, 3.8) is 0 Å². The standard InChI is InChI=1S/C19H22N2O7S/c1-10-13(17(22)26-2)14(11-7-6-8-12(9-11)21(24)25)15(18(23)27-3)16(20-10)19(28-4)29-5/h6-9,14,19-20H,1-5H3. The number of allylic oxidation sites excluding steroid dienone is 1. The van der Waals surface area contributed by atoms with Gasteiger partial charge in [-0.3, -0.25) is 10.1 Å². The van der Waals surface area contributed by atoms with Gasteiger partial charge in [0.05, 0.1) is 41.9 Å². The van der Waals surface area contributed by atoms with Gasteiger partial charge >= 0.3 is 11.9 Å². The first kappa shape index (κ1) is 22.4. The summed E-state index contributed by atoms with van der Waals surface area (Å²) in [6.45, 7) is 1.66. The maximum absolute atomic E-state index is 12.8. The van der Waals surface area contributed by atoms with Crippen LogP contribution in [-0.2, 0) is 23.8 Å². The first-order valence-electron chi connectivity index (χ1n) is 8.49. The minimum absolute atomic E-state index is 0.125. The number of hydrogen-bond donors (Lipinski definition) is 1. The number of ether oxygens (including phenoxy) is 3. The first-order chi connectivity index (χ1) is 13.8. The molecule has 2 atom stereocenters. The summed E-state index contributed by atoms with van der Waals surface area (Å²) in [5.41, 5.74) is 0.810. The lowest BCUT2D eigenvalue weighted by Crippen LogP contribution is -2.36. The van der Waals surface area contributed by atoms with Gasteiger partial charge in [0.25, 0.3) is 5.69 Å². The number of dihydropyridines is 1. The van der Waals surface area contributed by atoms with Crippen molar-refractivity contribution in [3.8, 4) is 0 Å². The molecule has 0 bridgehead atoms. The van der Waals surface area contributed by atoms with E-state index >= 15 is 0 Å². The first-order valence-corrected chi connectivity index (χ1v) is 9.77. The van der Waals surface area contributed by atoms with Gasteiger partial charge in [-0.05, 0) is 18.7 Å². The SMILES string of the molecule is COC(=O)C1=C(C)NC(C(OC)SC)=C(C(=O)OC)C1c1cccc([N+](=O)[O-])c1. The molecule has 0 amide bonds. The molecule has 1 heterocycles. The summed E-state index contributed by atoms with van der Waals surface area (Å²) >= 11 is 1.33. The van der Waals surface area contributed by atoms with Gasteiger partial charge in [-0.1, -0.05) is 12.1 Å². The van der Waals surface area contributed by atoms with Crippen LogP contribution < -0.4 is 5.32 Å². The number of benzene rings is 1.